The molecule has 0 saturated carbocycles. The Morgan fingerprint density at radius 1 is 1.28 bits per heavy atom. The van der Waals surface area contributed by atoms with E-state index in [1.807, 2.05) is 55.6 Å². The first-order valence-corrected chi connectivity index (χ1v) is 8.16. The maximum atomic E-state index is 6.06. The first kappa shape index (κ1) is 14.0. The highest BCUT2D eigenvalue weighted by Crippen LogP contribution is 2.37. The van der Waals surface area contributed by atoms with Crippen LogP contribution in [0.2, 0.25) is 5.02 Å². The zero-order valence-electron chi connectivity index (χ0n) is 10.4. The predicted molar refractivity (Wildman–Crippen MR) is 82.9 cm³/mol. The highest BCUT2D eigenvalue weighted by Gasteiger charge is 2.09. The number of azo groups is 1. The molecule has 1 aliphatic rings. The van der Waals surface area contributed by atoms with Crippen molar-refractivity contribution in [2.75, 3.05) is 11.5 Å². The molecule has 0 unspecified atom stereocenters. The Balaban J connectivity index is 2.17. The molecule has 96 valence electrons. The Morgan fingerprint density at radius 2 is 2.00 bits per heavy atom. The van der Waals surface area contributed by atoms with Gasteiger partial charge in [-0.2, -0.15) is 10.2 Å². The third kappa shape index (κ3) is 3.53. The second-order valence-electron chi connectivity index (χ2n) is 4.01. The van der Waals surface area contributed by atoms with E-state index in [0.29, 0.717) is 0 Å². The lowest BCUT2D eigenvalue weighted by Crippen LogP contribution is -1.93. The van der Waals surface area contributed by atoms with Gasteiger partial charge in [-0.15, -0.1) is 23.5 Å². The number of nitrogens with zero attached hydrogens (tertiary/aromatic N) is 2. The van der Waals surface area contributed by atoms with Gasteiger partial charge in [0.2, 0.25) is 0 Å². The van der Waals surface area contributed by atoms with Gasteiger partial charge in [0.1, 0.15) is 0 Å². The molecule has 0 radical (unpaired) electrons. The summed E-state index contributed by atoms with van der Waals surface area (Å²) in [5.74, 6) is 2.37. The molecule has 0 atom stereocenters. The largest absolute Gasteiger partial charge is 0.154 e. The Labute approximate surface area is 121 Å². The minimum absolute atomic E-state index is 0.734. The fourth-order valence-corrected chi connectivity index (χ4v) is 4.15. The predicted octanol–water partition coefficient (Wildman–Crippen LogP) is 5.79. The molecule has 1 fully saturated rings. The normalized spacial score (nSPS) is 16.3. The zero-order chi connectivity index (χ0) is 13.0. The van der Waals surface area contributed by atoms with Gasteiger partial charge in [-0.05, 0) is 49.5 Å². The van der Waals surface area contributed by atoms with Gasteiger partial charge in [-0.3, -0.25) is 0 Å². The fraction of sp³-hybridized carbons (Fsp3) is 0.385. The number of hydrogen-bond donors (Lipinski definition) is 0. The van der Waals surface area contributed by atoms with E-state index in [9.17, 15) is 0 Å². The lowest BCUT2D eigenvalue weighted by molar-refractivity contribution is 1.10. The molecule has 1 heterocycles. The molecule has 0 bridgehead atoms. The van der Waals surface area contributed by atoms with Crippen molar-refractivity contribution in [1.29, 1.82) is 0 Å². The van der Waals surface area contributed by atoms with Crippen LogP contribution in [0.15, 0.2) is 38.4 Å². The average Bonchev–Trinajstić information content (AvgIpc) is 2.41. The van der Waals surface area contributed by atoms with E-state index in [1.165, 1.54) is 22.2 Å². The van der Waals surface area contributed by atoms with Crippen molar-refractivity contribution in [3.63, 3.8) is 0 Å². The van der Waals surface area contributed by atoms with Crippen LogP contribution in [-0.2, 0) is 0 Å². The van der Waals surface area contributed by atoms with E-state index in [2.05, 4.69) is 10.2 Å². The van der Waals surface area contributed by atoms with Crippen LogP contribution in [0, 0.1) is 6.92 Å². The number of benzene rings is 1. The fourth-order valence-electron chi connectivity index (χ4n) is 1.51. The van der Waals surface area contributed by atoms with E-state index >= 15 is 0 Å². The molecule has 1 aromatic rings. The average molecular weight is 299 g/mol. The van der Waals surface area contributed by atoms with E-state index in [0.717, 1.165) is 22.0 Å². The number of rotatable bonds is 2. The molecule has 18 heavy (non-hydrogen) atoms. The van der Waals surface area contributed by atoms with Crippen LogP contribution in [0.5, 0.6) is 0 Å². The van der Waals surface area contributed by atoms with E-state index in [1.54, 1.807) is 0 Å². The van der Waals surface area contributed by atoms with Crippen LogP contribution < -0.4 is 0 Å². The van der Waals surface area contributed by atoms with Gasteiger partial charge in [-0.25, -0.2) is 0 Å². The second kappa shape index (κ2) is 6.64. The molecule has 1 aromatic carbocycles. The van der Waals surface area contributed by atoms with Gasteiger partial charge in [0, 0.05) is 5.02 Å². The Morgan fingerprint density at radius 3 is 2.72 bits per heavy atom. The summed E-state index contributed by atoms with van der Waals surface area (Å²) in [7, 11) is 0. The Bertz CT molecular complexity index is 490. The minimum Gasteiger partial charge on any atom is -0.154 e. The highest BCUT2D eigenvalue weighted by atomic mass is 35.5. The van der Waals surface area contributed by atoms with Crippen molar-refractivity contribution in [3.05, 3.63) is 38.7 Å². The molecule has 0 aliphatic carbocycles. The van der Waals surface area contributed by atoms with Crippen LogP contribution >= 0.6 is 35.1 Å². The lowest BCUT2D eigenvalue weighted by atomic mass is 10.2. The maximum absolute atomic E-state index is 6.06. The standard InChI is InChI=1S/C13H15ClN2S2/c1-9-11(14)5-3-6-12(9)16-15-10(2)13-17-7-4-8-18-13/h3,5-6H,4,7-8H2,1-2H3. The van der Waals surface area contributed by atoms with Crippen LogP contribution in [0.4, 0.5) is 5.69 Å². The molecule has 1 saturated heterocycles. The Kier molecular flexibility index (Phi) is 5.15. The first-order valence-electron chi connectivity index (χ1n) is 5.82. The first-order chi connectivity index (χ1) is 8.68. The monoisotopic (exact) mass is 298 g/mol. The molecular weight excluding hydrogens is 284 g/mol. The third-order valence-electron chi connectivity index (χ3n) is 2.60. The Hall–Kier alpha value is -0.450. The number of thioether (sulfide) groups is 2. The summed E-state index contributed by atoms with van der Waals surface area (Å²) in [4.78, 5) is 0. The van der Waals surface area contributed by atoms with Crippen LogP contribution in [0.3, 0.4) is 0 Å². The van der Waals surface area contributed by atoms with E-state index < -0.39 is 0 Å². The molecule has 0 N–H and O–H groups in total. The van der Waals surface area contributed by atoms with Gasteiger partial charge in [0.15, 0.2) is 0 Å². The van der Waals surface area contributed by atoms with Crippen molar-refractivity contribution in [2.24, 2.45) is 10.2 Å². The second-order valence-corrected chi connectivity index (χ2v) is 6.88. The highest BCUT2D eigenvalue weighted by molar-refractivity contribution is 8.22. The van der Waals surface area contributed by atoms with Crippen LogP contribution in [0.25, 0.3) is 0 Å². The number of hydrogen-bond acceptors (Lipinski definition) is 4. The van der Waals surface area contributed by atoms with Crippen molar-refractivity contribution in [2.45, 2.75) is 20.3 Å². The molecule has 0 aromatic heterocycles. The quantitative estimate of drug-likeness (QED) is 0.645. The van der Waals surface area contributed by atoms with Gasteiger partial charge < -0.3 is 0 Å². The summed E-state index contributed by atoms with van der Waals surface area (Å²) >= 11 is 9.81. The summed E-state index contributed by atoms with van der Waals surface area (Å²) in [6, 6.07) is 5.70. The van der Waals surface area contributed by atoms with E-state index in [-0.39, 0.29) is 0 Å². The molecule has 0 amide bonds. The lowest BCUT2D eigenvalue weighted by Gasteiger charge is -2.13. The van der Waals surface area contributed by atoms with Crippen LogP contribution in [0.1, 0.15) is 18.9 Å². The van der Waals surface area contributed by atoms with Crippen molar-refractivity contribution in [1.82, 2.24) is 0 Å². The maximum Gasteiger partial charge on any atom is 0.0900 e. The van der Waals surface area contributed by atoms with Crippen molar-refractivity contribution >= 4 is 40.8 Å². The summed E-state index contributed by atoms with van der Waals surface area (Å²) in [5.41, 5.74) is 2.82. The smallest absolute Gasteiger partial charge is 0.0900 e. The molecular formula is C13H15ClN2S2. The van der Waals surface area contributed by atoms with Crippen molar-refractivity contribution in [3.8, 4) is 0 Å². The molecule has 2 nitrogen and oxygen atoms in total. The number of allylic oxidation sites excluding steroid dienone is 1. The summed E-state index contributed by atoms with van der Waals surface area (Å²) in [5, 5.41) is 9.36. The topological polar surface area (TPSA) is 24.7 Å². The van der Waals surface area contributed by atoms with E-state index in [4.69, 9.17) is 11.6 Å². The van der Waals surface area contributed by atoms with Crippen LogP contribution in [-0.4, -0.2) is 11.5 Å². The summed E-state index contributed by atoms with van der Waals surface area (Å²) in [6.07, 6.45) is 1.27. The molecule has 5 heteroatoms. The van der Waals surface area contributed by atoms with Gasteiger partial charge in [0.25, 0.3) is 0 Å². The summed E-state index contributed by atoms with van der Waals surface area (Å²) < 4.78 is 1.30. The van der Waals surface area contributed by atoms with Gasteiger partial charge >= 0.3 is 0 Å². The minimum atomic E-state index is 0.734. The SMILES string of the molecule is CC(N=Nc1cccc(Cl)c1C)=C1SCCCS1. The zero-order valence-corrected chi connectivity index (χ0v) is 12.8. The third-order valence-corrected chi connectivity index (χ3v) is 5.81. The van der Waals surface area contributed by atoms with Gasteiger partial charge in [0.05, 0.1) is 15.6 Å². The molecule has 1 aliphatic heterocycles. The molecule has 0 spiro atoms. The molecule has 2 rings (SSSR count). The van der Waals surface area contributed by atoms with Gasteiger partial charge in [-0.1, -0.05) is 17.7 Å². The number of halogens is 1. The van der Waals surface area contributed by atoms with Crippen molar-refractivity contribution < 1.29 is 0 Å². The summed E-state index contributed by atoms with van der Waals surface area (Å²) in [6.45, 7) is 3.98.